The average molecular weight is 295 g/mol. The van der Waals surface area contributed by atoms with Crippen LogP contribution in [0.5, 0.6) is 11.5 Å². The molecule has 1 saturated heterocycles. The topological polar surface area (TPSA) is 50.8 Å². The van der Waals surface area contributed by atoms with Crippen LogP contribution in [0.1, 0.15) is 0 Å². The van der Waals surface area contributed by atoms with Crippen molar-refractivity contribution in [2.75, 3.05) is 32.8 Å². The number of ether oxygens (including phenoxy) is 2. The van der Waals surface area contributed by atoms with Crippen molar-refractivity contribution < 1.29 is 14.3 Å². The van der Waals surface area contributed by atoms with Gasteiger partial charge in [-0.1, -0.05) is 11.6 Å². The lowest BCUT2D eigenvalue weighted by molar-refractivity contribution is 0.0899. The number of nitrogens with zero attached hydrogens (tertiary/aromatic N) is 1. The van der Waals surface area contributed by atoms with Gasteiger partial charge in [-0.3, -0.25) is 0 Å². The third kappa shape index (κ3) is 2.61. The van der Waals surface area contributed by atoms with E-state index in [0.29, 0.717) is 28.8 Å². The van der Waals surface area contributed by atoms with Gasteiger partial charge in [0.15, 0.2) is 17.6 Å². The molecule has 1 atom stereocenters. The van der Waals surface area contributed by atoms with Crippen molar-refractivity contribution in [1.82, 2.24) is 10.2 Å². The Labute approximate surface area is 122 Å². The summed E-state index contributed by atoms with van der Waals surface area (Å²) in [6, 6.07) is 5.20. The van der Waals surface area contributed by atoms with Gasteiger partial charge in [0.05, 0.1) is 0 Å². The molecular weight excluding hydrogens is 280 g/mol. The summed E-state index contributed by atoms with van der Waals surface area (Å²) in [5, 5.41) is 3.84. The van der Waals surface area contributed by atoms with E-state index >= 15 is 0 Å². The fraction of sp³-hybridized carbons (Fsp3) is 0.429. The molecule has 1 fully saturated rings. The summed E-state index contributed by atoms with van der Waals surface area (Å²) >= 11 is 5.91. The van der Waals surface area contributed by atoms with Crippen LogP contribution in [0.15, 0.2) is 23.9 Å². The number of nitrogens with one attached hydrogen (secondary N) is 1. The highest BCUT2D eigenvalue weighted by molar-refractivity contribution is 6.30. The molecule has 106 valence electrons. The number of halogens is 1. The molecule has 2 aliphatic rings. The highest BCUT2D eigenvalue weighted by atomic mass is 35.5. The van der Waals surface area contributed by atoms with Crippen molar-refractivity contribution in [2.45, 2.75) is 6.10 Å². The maximum absolute atomic E-state index is 11.3. The van der Waals surface area contributed by atoms with Crippen LogP contribution in [-0.2, 0) is 4.79 Å². The van der Waals surface area contributed by atoms with E-state index in [1.54, 1.807) is 18.2 Å². The maximum Gasteiger partial charge on any atom is 0.183 e. The van der Waals surface area contributed by atoms with Crippen molar-refractivity contribution in [3.05, 3.63) is 28.9 Å². The fourth-order valence-corrected chi connectivity index (χ4v) is 2.58. The van der Waals surface area contributed by atoms with E-state index in [-0.39, 0.29) is 0 Å². The van der Waals surface area contributed by atoms with E-state index in [2.05, 4.69) is 5.32 Å². The summed E-state index contributed by atoms with van der Waals surface area (Å²) in [5.41, 5.74) is 0.520. The molecule has 1 aromatic carbocycles. The third-order valence-corrected chi connectivity index (χ3v) is 3.67. The largest absolute Gasteiger partial charge is 0.485 e. The highest BCUT2D eigenvalue weighted by Crippen LogP contribution is 2.35. The summed E-state index contributed by atoms with van der Waals surface area (Å²) in [7, 11) is 0. The molecule has 2 heterocycles. The van der Waals surface area contributed by atoms with Crippen LogP contribution in [-0.4, -0.2) is 49.7 Å². The quantitative estimate of drug-likeness (QED) is 0.828. The van der Waals surface area contributed by atoms with Gasteiger partial charge in [-0.2, -0.15) is 0 Å². The standard InChI is InChI=1S/C14H15ClN2O3/c15-10-1-2-12-13(7-10)19-9-14(20-12)11(8-18)17-5-3-16-4-6-17/h1-2,7,14,16H,3-6,9H2. The average Bonchev–Trinajstić information content (AvgIpc) is 2.49. The van der Waals surface area contributed by atoms with Gasteiger partial charge in [-0.05, 0) is 12.1 Å². The molecule has 1 N–H and O–H groups in total. The van der Waals surface area contributed by atoms with Crippen LogP contribution in [0.2, 0.25) is 5.02 Å². The lowest BCUT2D eigenvalue weighted by Crippen LogP contribution is -2.47. The molecule has 2 aliphatic heterocycles. The van der Waals surface area contributed by atoms with E-state index in [4.69, 9.17) is 21.1 Å². The van der Waals surface area contributed by atoms with Gasteiger partial charge in [0.1, 0.15) is 18.2 Å². The molecule has 0 amide bonds. The van der Waals surface area contributed by atoms with Crippen LogP contribution in [0, 0.1) is 0 Å². The number of hydrogen-bond donors (Lipinski definition) is 1. The predicted molar refractivity (Wildman–Crippen MR) is 75.0 cm³/mol. The Morgan fingerprint density at radius 1 is 1.35 bits per heavy atom. The summed E-state index contributed by atoms with van der Waals surface area (Å²) in [6.07, 6.45) is -0.417. The molecular formula is C14H15ClN2O3. The Balaban J connectivity index is 1.78. The number of hydrogen-bond acceptors (Lipinski definition) is 5. The summed E-state index contributed by atoms with van der Waals surface area (Å²) in [4.78, 5) is 13.3. The second-order valence-electron chi connectivity index (χ2n) is 4.73. The molecule has 6 heteroatoms. The molecule has 0 bridgehead atoms. The number of carbonyl (C=O) groups excluding carboxylic acids is 1. The molecule has 0 aromatic heterocycles. The number of piperazine rings is 1. The van der Waals surface area contributed by atoms with Gasteiger partial charge in [-0.25, -0.2) is 4.79 Å². The number of rotatable bonds is 2. The Hall–Kier alpha value is -1.68. The molecule has 0 saturated carbocycles. The van der Waals surface area contributed by atoms with E-state index in [1.165, 1.54) is 0 Å². The van der Waals surface area contributed by atoms with Crippen molar-refractivity contribution >= 4 is 17.5 Å². The normalized spacial score (nSPS) is 21.2. The monoisotopic (exact) mass is 294 g/mol. The van der Waals surface area contributed by atoms with E-state index in [1.807, 2.05) is 10.8 Å². The first kappa shape index (κ1) is 13.3. The van der Waals surface area contributed by atoms with Gasteiger partial charge in [0, 0.05) is 37.3 Å². The third-order valence-electron chi connectivity index (χ3n) is 3.43. The predicted octanol–water partition coefficient (Wildman–Crippen LogP) is 1.10. The Morgan fingerprint density at radius 3 is 2.90 bits per heavy atom. The fourth-order valence-electron chi connectivity index (χ4n) is 2.42. The zero-order valence-electron chi connectivity index (χ0n) is 10.9. The molecule has 0 radical (unpaired) electrons. The zero-order chi connectivity index (χ0) is 13.9. The molecule has 1 aromatic rings. The van der Waals surface area contributed by atoms with E-state index in [9.17, 15) is 4.79 Å². The SMILES string of the molecule is O=C=C(C1COc2cc(Cl)ccc2O1)N1CCNCC1. The number of fused-ring (bicyclic) bond motifs is 1. The Kier molecular flexibility index (Phi) is 3.83. The zero-order valence-corrected chi connectivity index (χ0v) is 11.7. The van der Waals surface area contributed by atoms with Crippen molar-refractivity contribution in [1.29, 1.82) is 0 Å². The lowest BCUT2D eigenvalue weighted by atomic mass is 10.2. The van der Waals surface area contributed by atoms with Crippen molar-refractivity contribution in [2.24, 2.45) is 0 Å². The first-order chi connectivity index (χ1) is 9.78. The van der Waals surface area contributed by atoms with Crippen LogP contribution >= 0.6 is 11.6 Å². The molecule has 0 spiro atoms. The van der Waals surface area contributed by atoms with Gasteiger partial charge in [0.25, 0.3) is 0 Å². The molecule has 0 aliphatic carbocycles. The maximum atomic E-state index is 11.3. The van der Waals surface area contributed by atoms with Gasteiger partial charge < -0.3 is 19.7 Å². The minimum absolute atomic E-state index is 0.293. The minimum Gasteiger partial charge on any atom is -0.485 e. The molecule has 20 heavy (non-hydrogen) atoms. The summed E-state index contributed by atoms with van der Waals surface area (Å²) < 4.78 is 11.5. The van der Waals surface area contributed by atoms with Crippen LogP contribution in [0.4, 0.5) is 0 Å². The summed E-state index contributed by atoms with van der Waals surface area (Å²) in [5.74, 6) is 3.23. The molecule has 1 unspecified atom stereocenters. The first-order valence-corrected chi connectivity index (χ1v) is 6.95. The Morgan fingerprint density at radius 2 is 2.15 bits per heavy atom. The van der Waals surface area contributed by atoms with Crippen LogP contribution in [0.25, 0.3) is 0 Å². The Bertz CT molecular complexity index is 551. The summed E-state index contributed by atoms with van der Waals surface area (Å²) in [6.45, 7) is 3.55. The number of benzene rings is 1. The highest BCUT2D eigenvalue weighted by Gasteiger charge is 2.29. The molecule has 3 rings (SSSR count). The van der Waals surface area contributed by atoms with E-state index < -0.39 is 6.10 Å². The van der Waals surface area contributed by atoms with Gasteiger partial charge in [-0.15, -0.1) is 0 Å². The van der Waals surface area contributed by atoms with Crippen molar-refractivity contribution in [3.63, 3.8) is 0 Å². The van der Waals surface area contributed by atoms with Gasteiger partial charge >= 0.3 is 0 Å². The minimum atomic E-state index is -0.417. The first-order valence-electron chi connectivity index (χ1n) is 6.57. The van der Waals surface area contributed by atoms with E-state index in [0.717, 1.165) is 26.2 Å². The molecule has 5 nitrogen and oxygen atoms in total. The second kappa shape index (κ2) is 5.75. The smallest absolute Gasteiger partial charge is 0.183 e. The van der Waals surface area contributed by atoms with Gasteiger partial charge in [0.2, 0.25) is 0 Å². The van der Waals surface area contributed by atoms with Crippen LogP contribution in [0.3, 0.4) is 0 Å². The lowest BCUT2D eigenvalue weighted by Gasteiger charge is -2.35. The van der Waals surface area contributed by atoms with Crippen molar-refractivity contribution in [3.8, 4) is 11.5 Å². The van der Waals surface area contributed by atoms with Crippen LogP contribution < -0.4 is 14.8 Å². The second-order valence-corrected chi connectivity index (χ2v) is 5.17.